The molecule has 0 spiro atoms. The highest BCUT2D eigenvalue weighted by molar-refractivity contribution is 7.98. The first-order chi connectivity index (χ1) is 12.8. The number of hydrogen-bond donors (Lipinski definition) is 1. The summed E-state index contributed by atoms with van der Waals surface area (Å²) in [4.78, 5) is 24.4. The summed E-state index contributed by atoms with van der Waals surface area (Å²) in [6.45, 7) is -0.505. The van der Waals surface area contributed by atoms with Gasteiger partial charge in [-0.05, 0) is 48.2 Å². The third-order valence-electron chi connectivity index (χ3n) is 3.32. The number of carbonyl (C=O) groups excluding carboxylic acids is 2. The van der Waals surface area contributed by atoms with E-state index in [-0.39, 0.29) is 5.56 Å². The number of carbonyl (C=O) groups is 2. The molecule has 1 amide bonds. The number of anilines is 1. The van der Waals surface area contributed by atoms with Crippen molar-refractivity contribution in [2.24, 2.45) is 0 Å². The van der Waals surface area contributed by atoms with Gasteiger partial charge >= 0.3 is 12.1 Å². The summed E-state index contributed by atoms with van der Waals surface area (Å²) in [6, 6.07) is 11.7. The highest BCUT2D eigenvalue weighted by atomic mass is 32.2. The van der Waals surface area contributed by atoms with Crippen LogP contribution in [0.1, 0.15) is 11.1 Å². The lowest BCUT2D eigenvalue weighted by Crippen LogP contribution is -2.20. The molecule has 1 N–H and O–H groups in total. The smallest absolute Gasteiger partial charge is 0.416 e. The number of nitrogens with one attached hydrogen (secondary N) is 1. The molecule has 0 atom stereocenters. The normalized spacial score (nSPS) is 11.4. The zero-order valence-corrected chi connectivity index (χ0v) is 15.1. The SMILES string of the molecule is CSc1cccc(NC(=O)COC(=O)/C=C/c2cccc(C(F)(F)F)c2)c1. The van der Waals surface area contributed by atoms with Crippen molar-refractivity contribution in [1.29, 1.82) is 0 Å². The Morgan fingerprint density at radius 3 is 2.59 bits per heavy atom. The topological polar surface area (TPSA) is 55.4 Å². The number of rotatable bonds is 6. The van der Waals surface area contributed by atoms with Crippen LogP contribution in [0.5, 0.6) is 0 Å². The number of thioether (sulfide) groups is 1. The fourth-order valence-corrected chi connectivity index (χ4v) is 2.53. The largest absolute Gasteiger partial charge is 0.452 e. The molecule has 2 rings (SSSR count). The van der Waals surface area contributed by atoms with Gasteiger partial charge in [0.25, 0.3) is 5.91 Å². The Labute approximate surface area is 158 Å². The van der Waals surface area contributed by atoms with Gasteiger partial charge in [-0.3, -0.25) is 4.79 Å². The van der Waals surface area contributed by atoms with Crippen molar-refractivity contribution in [2.75, 3.05) is 18.2 Å². The summed E-state index contributed by atoms with van der Waals surface area (Å²) < 4.78 is 42.7. The Morgan fingerprint density at radius 1 is 1.15 bits per heavy atom. The van der Waals surface area contributed by atoms with Gasteiger partial charge in [0.1, 0.15) is 0 Å². The number of ether oxygens (including phenoxy) is 1. The van der Waals surface area contributed by atoms with Crippen LogP contribution in [-0.2, 0) is 20.5 Å². The molecule has 0 aliphatic rings. The Kier molecular flexibility index (Phi) is 7.06. The summed E-state index contributed by atoms with van der Waals surface area (Å²) >= 11 is 1.52. The van der Waals surface area contributed by atoms with E-state index in [4.69, 9.17) is 4.74 Å². The van der Waals surface area contributed by atoms with Gasteiger partial charge < -0.3 is 10.1 Å². The van der Waals surface area contributed by atoms with Crippen molar-refractivity contribution in [3.05, 3.63) is 65.7 Å². The molecule has 0 fully saturated rings. The van der Waals surface area contributed by atoms with E-state index in [0.717, 1.165) is 23.1 Å². The zero-order chi connectivity index (χ0) is 19.9. The minimum absolute atomic E-state index is 0.195. The minimum atomic E-state index is -4.46. The second kappa shape index (κ2) is 9.27. The third-order valence-corrected chi connectivity index (χ3v) is 4.05. The number of esters is 1. The zero-order valence-electron chi connectivity index (χ0n) is 14.2. The average molecular weight is 395 g/mol. The van der Waals surface area contributed by atoms with Crippen molar-refractivity contribution >= 4 is 35.4 Å². The molecule has 2 aromatic carbocycles. The van der Waals surface area contributed by atoms with E-state index < -0.39 is 30.2 Å². The summed E-state index contributed by atoms with van der Waals surface area (Å²) in [5.41, 5.74) is -0.0487. The summed E-state index contributed by atoms with van der Waals surface area (Å²) in [7, 11) is 0. The lowest BCUT2D eigenvalue weighted by molar-refractivity contribution is -0.142. The van der Waals surface area contributed by atoms with Crippen LogP contribution >= 0.6 is 11.8 Å². The first-order valence-electron chi connectivity index (χ1n) is 7.74. The van der Waals surface area contributed by atoms with E-state index in [1.54, 1.807) is 18.2 Å². The van der Waals surface area contributed by atoms with Crippen LogP contribution in [0.3, 0.4) is 0 Å². The highest BCUT2D eigenvalue weighted by Crippen LogP contribution is 2.29. The minimum Gasteiger partial charge on any atom is -0.452 e. The maximum Gasteiger partial charge on any atom is 0.416 e. The number of halogens is 3. The van der Waals surface area contributed by atoms with E-state index in [0.29, 0.717) is 5.69 Å². The molecule has 0 aliphatic carbocycles. The Hall–Kier alpha value is -2.74. The van der Waals surface area contributed by atoms with Gasteiger partial charge in [0.2, 0.25) is 0 Å². The van der Waals surface area contributed by atoms with Crippen molar-refractivity contribution in [1.82, 2.24) is 0 Å². The van der Waals surface area contributed by atoms with Crippen LogP contribution in [0.2, 0.25) is 0 Å². The quantitative estimate of drug-likeness (QED) is 0.440. The monoisotopic (exact) mass is 395 g/mol. The summed E-state index contributed by atoms with van der Waals surface area (Å²) in [5, 5.41) is 2.59. The van der Waals surface area contributed by atoms with Gasteiger partial charge in [-0.15, -0.1) is 11.8 Å². The maximum atomic E-state index is 12.6. The Balaban J connectivity index is 1.86. The Bertz CT molecular complexity index is 850. The molecule has 4 nitrogen and oxygen atoms in total. The second-order valence-corrected chi connectivity index (χ2v) is 6.22. The predicted octanol–water partition coefficient (Wildman–Crippen LogP) is 4.62. The number of benzene rings is 2. The summed E-state index contributed by atoms with van der Waals surface area (Å²) in [6.07, 6.45) is -0.399. The fraction of sp³-hybridized carbons (Fsp3) is 0.158. The number of alkyl halides is 3. The van der Waals surface area contributed by atoms with Crippen LogP contribution in [0.25, 0.3) is 6.08 Å². The first-order valence-corrected chi connectivity index (χ1v) is 8.96. The van der Waals surface area contributed by atoms with Crippen LogP contribution in [0.15, 0.2) is 59.5 Å². The molecule has 0 saturated carbocycles. The number of hydrogen-bond acceptors (Lipinski definition) is 4. The predicted molar refractivity (Wildman–Crippen MR) is 98.3 cm³/mol. The molecule has 0 unspecified atom stereocenters. The van der Waals surface area contributed by atoms with Crippen LogP contribution in [0, 0.1) is 0 Å². The lowest BCUT2D eigenvalue weighted by atomic mass is 10.1. The van der Waals surface area contributed by atoms with Crippen molar-refractivity contribution in [3.63, 3.8) is 0 Å². The van der Waals surface area contributed by atoms with Crippen LogP contribution in [0.4, 0.5) is 18.9 Å². The third kappa shape index (κ3) is 6.82. The molecular formula is C19H16F3NO3S. The average Bonchev–Trinajstić information content (AvgIpc) is 2.64. The Morgan fingerprint density at radius 2 is 1.89 bits per heavy atom. The second-order valence-electron chi connectivity index (χ2n) is 5.34. The van der Waals surface area contributed by atoms with Crippen molar-refractivity contribution in [2.45, 2.75) is 11.1 Å². The summed E-state index contributed by atoms with van der Waals surface area (Å²) in [5.74, 6) is -1.35. The van der Waals surface area contributed by atoms with Crippen molar-refractivity contribution in [3.8, 4) is 0 Å². The maximum absolute atomic E-state index is 12.6. The molecular weight excluding hydrogens is 379 g/mol. The van der Waals surface area contributed by atoms with Crippen LogP contribution < -0.4 is 5.32 Å². The van der Waals surface area contributed by atoms with Crippen molar-refractivity contribution < 1.29 is 27.5 Å². The van der Waals surface area contributed by atoms with E-state index in [9.17, 15) is 22.8 Å². The van der Waals surface area contributed by atoms with E-state index in [1.165, 1.54) is 30.0 Å². The molecule has 0 saturated heterocycles. The fourth-order valence-electron chi connectivity index (χ4n) is 2.07. The molecule has 2 aromatic rings. The van der Waals surface area contributed by atoms with Gasteiger partial charge in [0, 0.05) is 16.7 Å². The van der Waals surface area contributed by atoms with E-state index >= 15 is 0 Å². The van der Waals surface area contributed by atoms with Gasteiger partial charge in [-0.25, -0.2) is 4.79 Å². The first kappa shape index (κ1) is 20.6. The molecule has 0 radical (unpaired) electrons. The molecule has 0 heterocycles. The number of amides is 1. The standard InChI is InChI=1S/C19H16F3NO3S/c1-27-16-7-3-6-15(11-16)23-17(24)12-26-18(25)9-8-13-4-2-5-14(10-13)19(20,21)22/h2-11H,12H2,1H3,(H,23,24)/b9-8+. The lowest BCUT2D eigenvalue weighted by Gasteiger charge is -2.07. The molecule has 0 aliphatic heterocycles. The van der Waals surface area contributed by atoms with Gasteiger partial charge in [0.15, 0.2) is 6.61 Å². The van der Waals surface area contributed by atoms with Crippen LogP contribution in [-0.4, -0.2) is 24.7 Å². The molecule has 0 aromatic heterocycles. The molecule has 8 heteroatoms. The van der Waals surface area contributed by atoms with E-state index in [2.05, 4.69) is 5.32 Å². The molecule has 142 valence electrons. The molecule has 0 bridgehead atoms. The van der Waals surface area contributed by atoms with E-state index in [1.807, 2.05) is 12.3 Å². The van der Waals surface area contributed by atoms with Gasteiger partial charge in [0.05, 0.1) is 5.56 Å². The van der Waals surface area contributed by atoms with Gasteiger partial charge in [-0.2, -0.15) is 13.2 Å². The van der Waals surface area contributed by atoms with Gasteiger partial charge in [-0.1, -0.05) is 18.2 Å². The molecule has 27 heavy (non-hydrogen) atoms. The highest BCUT2D eigenvalue weighted by Gasteiger charge is 2.30.